The van der Waals surface area contributed by atoms with Crippen LogP contribution in [-0.4, -0.2) is 47.2 Å². The Morgan fingerprint density at radius 2 is 1.38 bits per heavy atom. The Morgan fingerprint density at radius 1 is 0.897 bits per heavy atom. The molecule has 0 radical (unpaired) electrons. The standard InChI is InChI=1S/C21H24N4O4/c1-3-8-24-12-4-6-14(26)18-16(12)20(28)19-15(27)7-5-13(17(19)21(18)29)25-10-9-23-11(2)22/h4-7,24-27H,3,8-10H2,1-2H3,(H2,22,23). The SMILES string of the molecule is CCCNc1ccc(O)c2c1C(=O)c1c(O)ccc(NCCN=C(C)N)c1C2=O. The number of benzene rings is 2. The minimum Gasteiger partial charge on any atom is -0.507 e. The van der Waals surface area contributed by atoms with E-state index in [1.807, 2.05) is 6.92 Å². The summed E-state index contributed by atoms with van der Waals surface area (Å²) >= 11 is 0. The van der Waals surface area contributed by atoms with Gasteiger partial charge in [-0.1, -0.05) is 6.92 Å². The van der Waals surface area contributed by atoms with Gasteiger partial charge in [-0.3, -0.25) is 14.6 Å². The van der Waals surface area contributed by atoms with Gasteiger partial charge in [0.1, 0.15) is 11.5 Å². The largest absolute Gasteiger partial charge is 0.507 e. The van der Waals surface area contributed by atoms with Crippen molar-refractivity contribution >= 4 is 28.8 Å². The van der Waals surface area contributed by atoms with Crippen molar-refractivity contribution in [3.8, 4) is 11.5 Å². The van der Waals surface area contributed by atoms with Crippen molar-refractivity contribution in [1.82, 2.24) is 0 Å². The molecule has 0 spiro atoms. The van der Waals surface area contributed by atoms with Crippen LogP contribution in [0.2, 0.25) is 0 Å². The Balaban J connectivity index is 2.09. The highest BCUT2D eigenvalue weighted by Crippen LogP contribution is 2.42. The minimum absolute atomic E-state index is 0.0406. The van der Waals surface area contributed by atoms with E-state index in [1.165, 1.54) is 18.2 Å². The summed E-state index contributed by atoms with van der Waals surface area (Å²) < 4.78 is 0. The van der Waals surface area contributed by atoms with E-state index in [0.29, 0.717) is 36.8 Å². The molecule has 8 nitrogen and oxygen atoms in total. The summed E-state index contributed by atoms with van der Waals surface area (Å²) in [6.45, 7) is 5.01. The quantitative estimate of drug-likeness (QED) is 0.179. The Morgan fingerprint density at radius 3 is 1.83 bits per heavy atom. The lowest BCUT2D eigenvalue weighted by molar-refractivity contribution is 0.0975. The summed E-state index contributed by atoms with van der Waals surface area (Å²) in [4.78, 5) is 30.6. The smallest absolute Gasteiger partial charge is 0.200 e. The van der Waals surface area contributed by atoms with Crippen LogP contribution in [0.15, 0.2) is 29.3 Å². The van der Waals surface area contributed by atoms with Crippen LogP contribution in [0.3, 0.4) is 0 Å². The number of nitrogens with zero attached hydrogens (tertiary/aromatic N) is 1. The Labute approximate surface area is 168 Å². The van der Waals surface area contributed by atoms with Gasteiger partial charge in [0.2, 0.25) is 11.6 Å². The van der Waals surface area contributed by atoms with Crippen LogP contribution < -0.4 is 16.4 Å². The number of hydrogen-bond donors (Lipinski definition) is 5. The second-order valence-electron chi connectivity index (χ2n) is 6.80. The van der Waals surface area contributed by atoms with E-state index >= 15 is 0 Å². The van der Waals surface area contributed by atoms with Crippen LogP contribution in [0.5, 0.6) is 11.5 Å². The summed E-state index contributed by atoms with van der Waals surface area (Å²) in [5.41, 5.74) is 6.34. The van der Waals surface area contributed by atoms with Crippen molar-refractivity contribution < 1.29 is 19.8 Å². The van der Waals surface area contributed by atoms with Crippen LogP contribution >= 0.6 is 0 Å². The number of nitrogens with one attached hydrogen (secondary N) is 2. The van der Waals surface area contributed by atoms with E-state index in [-0.39, 0.29) is 33.8 Å². The molecule has 1 aliphatic rings. The lowest BCUT2D eigenvalue weighted by Gasteiger charge is -2.24. The van der Waals surface area contributed by atoms with Crippen LogP contribution in [0, 0.1) is 0 Å². The number of nitrogens with two attached hydrogens (primary N) is 1. The molecule has 3 rings (SSSR count). The second kappa shape index (κ2) is 8.22. The summed E-state index contributed by atoms with van der Waals surface area (Å²) in [6.07, 6.45) is 0.818. The summed E-state index contributed by atoms with van der Waals surface area (Å²) in [5, 5.41) is 26.9. The summed E-state index contributed by atoms with van der Waals surface area (Å²) in [6, 6.07) is 5.85. The maximum atomic E-state index is 13.3. The number of rotatable bonds is 7. The van der Waals surface area contributed by atoms with Crippen LogP contribution in [-0.2, 0) is 0 Å². The summed E-state index contributed by atoms with van der Waals surface area (Å²) in [5.74, 6) is -1.15. The van der Waals surface area contributed by atoms with E-state index in [9.17, 15) is 19.8 Å². The third-order valence-electron chi connectivity index (χ3n) is 4.63. The molecule has 8 heteroatoms. The fraction of sp³-hybridized carbons (Fsp3) is 0.286. The normalized spacial score (nSPS) is 13.1. The number of aliphatic imine (C=N–C) groups is 1. The fourth-order valence-electron chi connectivity index (χ4n) is 3.34. The van der Waals surface area contributed by atoms with E-state index in [4.69, 9.17) is 5.73 Å². The minimum atomic E-state index is -0.524. The van der Waals surface area contributed by atoms with E-state index in [1.54, 1.807) is 13.0 Å². The lowest BCUT2D eigenvalue weighted by Crippen LogP contribution is -2.25. The predicted octanol–water partition coefficient (Wildman–Crippen LogP) is 2.48. The topological polar surface area (TPSA) is 137 Å². The summed E-state index contributed by atoms with van der Waals surface area (Å²) in [7, 11) is 0. The fourth-order valence-corrected chi connectivity index (χ4v) is 3.34. The number of fused-ring (bicyclic) bond motifs is 2. The Kier molecular flexibility index (Phi) is 5.72. The first-order valence-corrected chi connectivity index (χ1v) is 9.42. The van der Waals surface area contributed by atoms with Crippen LogP contribution in [0.25, 0.3) is 0 Å². The molecule has 0 bridgehead atoms. The number of anilines is 2. The molecule has 29 heavy (non-hydrogen) atoms. The molecule has 6 N–H and O–H groups in total. The number of hydrogen-bond acceptors (Lipinski definition) is 7. The van der Waals surface area contributed by atoms with Gasteiger partial charge < -0.3 is 26.6 Å². The zero-order valence-electron chi connectivity index (χ0n) is 16.4. The molecule has 0 aliphatic heterocycles. The molecule has 2 aromatic carbocycles. The molecule has 0 amide bonds. The van der Waals surface area contributed by atoms with Gasteiger partial charge in [-0.15, -0.1) is 0 Å². The first-order valence-electron chi connectivity index (χ1n) is 9.42. The van der Waals surface area contributed by atoms with Gasteiger partial charge in [-0.25, -0.2) is 0 Å². The molecule has 2 aromatic rings. The zero-order valence-corrected chi connectivity index (χ0v) is 16.4. The maximum Gasteiger partial charge on any atom is 0.200 e. The van der Waals surface area contributed by atoms with Crippen molar-refractivity contribution in [3.63, 3.8) is 0 Å². The Bertz CT molecular complexity index is 1010. The van der Waals surface area contributed by atoms with Gasteiger partial charge >= 0.3 is 0 Å². The van der Waals surface area contributed by atoms with E-state index in [2.05, 4.69) is 15.6 Å². The Hall–Kier alpha value is -3.55. The highest BCUT2D eigenvalue weighted by Gasteiger charge is 2.37. The molecule has 1 aliphatic carbocycles. The van der Waals surface area contributed by atoms with Crippen LogP contribution in [0.4, 0.5) is 11.4 Å². The molecule has 0 aromatic heterocycles. The average Bonchev–Trinajstić information content (AvgIpc) is 2.68. The van der Waals surface area contributed by atoms with Crippen molar-refractivity contribution in [2.24, 2.45) is 10.7 Å². The van der Waals surface area contributed by atoms with E-state index in [0.717, 1.165) is 6.42 Å². The molecule has 0 atom stereocenters. The highest BCUT2D eigenvalue weighted by atomic mass is 16.3. The average molecular weight is 396 g/mol. The molecule has 0 unspecified atom stereocenters. The van der Waals surface area contributed by atoms with Gasteiger partial charge in [0.05, 0.1) is 34.6 Å². The van der Waals surface area contributed by atoms with Gasteiger partial charge in [0, 0.05) is 24.5 Å². The number of ketones is 2. The molecular formula is C21H24N4O4. The van der Waals surface area contributed by atoms with E-state index < -0.39 is 11.6 Å². The second-order valence-corrected chi connectivity index (χ2v) is 6.80. The molecule has 152 valence electrons. The molecule has 0 saturated carbocycles. The van der Waals surface area contributed by atoms with Gasteiger partial charge in [-0.05, 0) is 37.6 Å². The third-order valence-corrected chi connectivity index (χ3v) is 4.63. The zero-order chi connectivity index (χ0) is 21.1. The number of phenols is 2. The predicted molar refractivity (Wildman–Crippen MR) is 113 cm³/mol. The van der Waals surface area contributed by atoms with Crippen molar-refractivity contribution in [3.05, 3.63) is 46.5 Å². The first-order chi connectivity index (χ1) is 13.9. The van der Waals surface area contributed by atoms with Crippen molar-refractivity contribution in [1.29, 1.82) is 0 Å². The molecule has 0 fully saturated rings. The lowest BCUT2D eigenvalue weighted by atomic mass is 9.81. The van der Waals surface area contributed by atoms with Crippen LogP contribution in [0.1, 0.15) is 52.1 Å². The number of carbonyl (C=O) groups is 2. The molecule has 0 heterocycles. The molecular weight excluding hydrogens is 372 g/mol. The first kappa shape index (κ1) is 20.2. The van der Waals surface area contributed by atoms with Gasteiger partial charge in [0.25, 0.3) is 0 Å². The number of carbonyl (C=O) groups excluding carboxylic acids is 2. The number of phenolic OH excluding ortho intramolecular Hbond substituents is 2. The monoisotopic (exact) mass is 396 g/mol. The van der Waals surface area contributed by atoms with Crippen molar-refractivity contribution in [2.75, 3.05) is 30.3 Å². The third kappa shape index (κ3) is 3.73. The highest BCUT2D eigenvalue weighted by molar-refractivity contribution is 6.33. The molecule has 0 saturated heterocycles. The van der Waals surface area contributed by atoms with Crippen molar-refractivity contribution in [2.45, 2.75) is 20.3 Å². The maximum absolute atomic E-state index is 13.3. The number of amidine groups is 1. The van der Waals surface area contributed by atoms with Gasteiger partial charge in [-0.2, -0.15) is 0 Å². The number of aromatic hydroxyl groups is 2. The van der Waals surface area contributed by atoms with Gasteiger partial charge in [0.15, 0.2) is 0 Å².